The van der Waals surface area contributed by atoms with E-state index in [0.29, 0.717) is 0 Å². The molecule has 0 bridgehead atoms. The molecule has 0 saturated carbocycles. The lowest BCUT2D eigenvalue weighted by molar-refractivity contribution is -0.142. The summed E-state index contributed by atoms with van der Waals surface area (Å²) in [5.41, 5.74) is -0.403. The number of hydrogen-bond acceptors (Lipinski definition) is 4. The van der Waals surface area contributed by atoms with Crippen LogP contribution < -0.4 is 5.32 Å². The second-order valence-corrected chi connectivity index (χ2v) is 11.5. The fraction of sp³-hybridized carbons (Fsp3) is 0.808. The number of nitrogens with zero attached hydrogens (tertiary/aromatic N) is 2. The lowest BCUT2D eigenvalue weighted by atomic mass is 9.84. The Morgan fingerprint density at radius 2 is 1.73 bits per heavy atom. The van der Waals surface area contributed by atoms with Crippen LogP contribution >= 0.6 is 0 Å². The van der Waals surface area contributed by atoms with E-state index in [2.05, 4.69) is 31.0 Å². The Morgan fingerprint density at radius 3 is 2.18 bits per heavy atom. The van der Waals surface area contributed by atoms with Crippen LogP contribution in [0.25, 0.3) is 0 Å². The maximum Gasteiger partial charge on any atom is 0.331 e. The number of aliphatic carboxylic acids is 1. The van der Waals surface area contributed by atoms with Crippen molar-refractivity contribution in [1.82, 2.24) is 15.1 Å². The van der Waals surface area contributed by atoms with Crippen molar-refractivity contribution in [3.8, 4) is 0 Å². The molecule has 1 rings (SSSR count). The Balaban J connectivity index is 3.21. The maximum atomic E-state index is 13.7. The van der Waals surface area contributed by atoms with Crippen molar-refractivity contribution in [1.29, 1.82) is 0 Å². The predicted octanol–water partition coefficient (Wildman–Crippen LogP) is 4.07. The van der Waals surface area contributed by atoms with Gasteiger partial charge in [0.15, 0.2) is 0 Å². The van der Waals surface area contributed by atoms with Gasteiger partial charge in [-0.05, 0) is 57.9 Å². The monoisotopic (exact) mass is 465 g/mol. The molecule has 0 aliphatic carbocycles. The quantitative estimate of drug-likeness (QED) is 0.501. The highest BCUT2D eigenvalue weighted by Gasteiger charge is 2.41. The summed E-state index contributed by atoms with van der Waals surface area (Å²) in [5.74, 6) is -1.29. The molecule has 1 aliphatic rings. The minimum atomic E-state index is -1.00. The fourth-order valence-electron chi connectivity index (χ4n) is 4.45. The summed E-state index contributed by atoms with van der Waals surface area (Å²) in [6, 6.07) is -1.37. The lowest BCUT2D eigenvalue weighted by Gasteiger charge is -2.46. The van der Waals surface area contributed by atoms with E-state index in [4.69, 9.17) is 0 Å². The number of rotatable bonds is 9. The molecule has 0 spiro atoms. The molecule has 7 heteroatoms. The van der Waals surface area contributed by atoms with E-state index in [0.717, 1.165) is 32.2 Å². The fourth-order valence-corrected chi connectivity index (χ4v) is 4.45. The Bertz CT molecular complexity index is 736. The van der Waals surface area contributed by atoms with Gasteiger partial charge in [0.1, 0.15) is 6.04 Å². The minimum absolute atomic E-state index is 0.0174. The summed E-state index contributed by atoms with van der Waals surface area (Å²) in [6.07, 6.45) is 5.41. The van der Waals surface area contributed by atoms with Crippen LogP contribution in [0.3, 0.4) is 0 Å². The SMILES string of the molecule is CCC(C)(C)N1CCCCC1C(=O)N[C@H](C(=O)N(C)[C@H](C=C(C)C(=O)O)C(C)C)C(C)(C)C. The van der Waals surface area contributed by atoms with Crippen LogP contribution in [0.15, 0.2) is 11.6 Å². The molecule has 2 amide bonds. The number of nitrogens with one attached hydrogen (secondary N) is 1. The van der Waals surface area contributed by atoms with Gasteiger partial charge < -0.3 is 15.3 Å². The minimum Gasteiger partial charge on any atom is -0.478 e. The first kappa shape index (κ1) is 29.1. The largest absolute Gasteiger partial charge is 0.478 e. The van der Waals surface area contributed by atoms with E-state index < -0.39 is 17.4 Å². The maximum absolute atomic E-state index is 13.7. The van der Waals surface area contributed by atoms with Crippen LogP contribution in [0.2, 0.25) is 0 Å². The molecule has 1 saturated heterocycles. The first-order valence-electron chi connectivity index (χ1n) is 12.3. The summed E-state index contributed by atoms with van der Waals surface area (Å²) < 4.78 is 0. The molecular weight excluding hydrogens is 418 g/mol. The average molecular weight is 466 g/mol. The van der Waals surface area contributed by atoms with Crippen LogP contribution in [0.4, 0.5) is 0 Å². The molecular formula is C26H47N3O4. The summed E-state index contributed by atoms with van der Waals surface area (Å²) in [6.45, 7) is 18.6. The van der Waals surface area contributed by atoms with Crippen LogP contribution in [-0.4, -0.2) is 69.9 Å². The molecule has 2 N–H and O–H groups in total. The third-order valence-electron chi connectivity index (χ3n) is 7.08. The molecule has 0 aromatic carbocycles. The Kier molecular flexibility index (Phi) is 10.2. The molecule has 1 unspecified atom stereocenters. The van der Waals surface area contributed by atoms with Crippen molar-refractivity contribution in [3.63, 3.8) is 0 Å². The van der Waals surface area contributed by atoms with Gasteiger partial charge in [-0.15, -0.1) is 0 Å². The lowest BCUT2D eigenvalue weighted by Crippen LogP contribution is -2.62. The second-order valence-electron chi connectivity index (χ2n) is 11.5. The number of carbonyl (C=O) groups is 3. The van der Waals surface area contributed by atoms with Crippen LogP contribution in [0.1, 0.15) is 88.0 Å². The van der Waals surface area contributed by atoms with Crippen molar-refractivity contribution in [2.75, 3.05) is 13.6 Å². The highest BCUT2D eigenvalue weighted by atomic mass is 16.4. The molecule has 0 radical (unpaired) electrons. The standard InChI is InChI=1S/C26H47N3O4/c1-11-26(8,9)29-15-13-12-14-19(29)22(30)27-21(25(5,6)7)23(31)28(10)20(17(2)3)16-18(4)24(32)33/h16-17,19-21H,11-15H2,1-10H3,(H,27,30)(H,32,33)/t19?,20-,21-/m1/s1. The third kappa shape index (κ3) is 7.56. The van der Waals surface area contributed by atoms with Gasteiger partial charge in [0.05, 0.1) is 12.1 Å². The van der Waals surface area contributed by atoms with Gasteiger partial charge in [-0.2, -0.15) is 0 Å². The molecule has 7 nitrogen and oxygen atoms in total. The van der Waals surface area contributed by atoms with E-state index >= 15 is 0 Å². The zero-order valence-corrected chi connectivity index (χ0v) is 22.5. The molecule has 1 aliphatic heterocycles. The van der Waals surface area contributed by atoms with Gasteiger partial charge in [-0.3, -0.25) is 14.5 Å². The van der Waals surface area contributed by atoms with Gasteiger partial charge in [-0.25, -0.2) is 4.79 Å². The van der Waals surface area contributed by atoms with Gasteiger partial charge in [0, 0.05) is 18.2 Å². The summed E-state index contributed by atoms with van der Waals surface area (Å²) in [4.78, 5) is 42.4. The van der Waals surface area contributed by atoms with Crippen molar-refractivity contribution >= 4 is 17.8 Å². The summed E-state index contributed by atoms with van der Waals surface area (Å²) >= 11 is 0. The van der Waals surface area contributed by atoms with Crippen molar-refractivity contribution < 1.29 is 19.5 Å². The number of carbonyl (C=O) groups excluding carboxylic acids is 2. The third-order valence-corrected chi connectivity index (χ3v) is 7.08. The van der Waals surface area contributed by atoms with Crippen LogP contribution in [-0.2, 0) is 14.4 Å². The number of hydrogen-bond donors (Lipinski definition) is 2. The predicted molar refractivity (Wildman–Crippen MR) is 133 cm³/mol. The first-order valence-corrected chi connectivity index (χ1v) is 12.3. The average Bonchev–Trinajstić information content (AvgIpc) is 2.73. The number of carboxylic acids is 1. The number of amides is 2. The zero-order valence-electron chi connectivity index (χ0n) is 22.5. The van der Waals surface area contributed by atoms with E-state index in [1.807, 2.05) is 34.6 Å². The van der Waals surface area contributed by atoms with Gasteiger partial charge in [-0.1, -0.05) is 54.0 Å². The summed E-state index contributed by atoms with van der Waals surface area (Å²) in [5, 5.41) is 12.4. The summed E-state index contributed by atoms with van der Waals surface area (Å²) in [7, 11) is 1.69. The van der Waals surface area contributed by atoms with E-state index in [1.54, 1.807) is 18.0 Å². The van der Waals surface area contributed by atoms with E-state index in [1.165, 1.54) is 6.92 Å². The molecule has 1 heterocycles. The highest BCUT2D eigenvalue weighted by Crippen LogP contribution is 2.29. The Morgan fingerprint density at radius 1 is 1.15 bits per heavy atom. The molecule has 33 heavy (non-hydrogen) atoms. The van der Waals surface area contributed by atoms with Crippen LogP contribution in [0, 0.1) is 11.3 Å². The molecule has 0 aromatic rings. The number of piperidine rings is 1. The van der Waals surface area contributed by atoms with Crippen LogP contribution in [0.5, 0.6) is 0 Å². The van der Waals surface area contributed by atoms with E-state index in [-0.39, 0.29) is 40.9 Å². The van der Waals surface area contributed by atoms with E-state index in [9.17, 15) is 19.5 Å². The smallest absolute Gasteiger partial charge is 0.331 e. The van der Waals surface area contributed by atoms with Gasteiger partial charge >= 0.3 is 5.97 Å². The molecule has 1 fully saturated rings. The van der Waals surface area contributed by atoms with Gasteiger partial charge in [0.25, 0.3) is 0 Å². The molecule has 0 aromatic heterocycles. The molecule has 190 valence electrons. The zero-order chi connectivity index (χ0) is 25.7. The topological polar surface area (TPSA) is 90.0 Å². The first-order chi connectivity index (χ1) is 15.0. The number of carboxylic acid groups (broad SMARTS) is 1. The highest BCUT2D eigenvalue weighted by molar-refractivity contribution is 5.91. The van der Waals surface area contributed by atoms with Crippen molar-refractivity contribution in [2.45, 2.75) is 112 Å². The normalized spacial score (nSPS) is 20.3. The van der Waals surface area contributed by atoms with Crippen molar-refractivity contribution in [2.24, 2.45) is 11.3 Å². The van der Waals surface area contributed by atoms with Gasteiger partial charge in [0.2, 0.25) is 11.8 Å². The number of likely N-dealkylation sites (N-methyl/N-ethyl adjacent to an activating group) is 1. The Hall–Kier alpha value is -1.89. The molecule has 3 atom stereocenters. The second kappa shape index (κ2) is 11.5. The Labute approximate surface area is 201 Å². The number of likely N-dealkylation sites (tertiary alicyclic amines) is 1. The van der Waals surface area contributed by atoms with Crippen molar-refractivity contribution in [3.05, 3.63) is 11.6 Å².